The standard InChI is InChI=1S/C21H27FN6O2/c22-14-3-2-12-28(13-14)18-9-11-25-21(27-18)26-15-5-7-16(8-6-15)30-20-17(19(23)29)4-1-10-24-20/h1,4,9-11,14-16H,2-3,5-8,12-13H2,(H2,23,29)(H,25,26,27)/t14?,15-,16-. The smallest absolute Gasteiger partial charge is 0.254 e. The molecule has 160 valence electrons. The van der Waals surface area contributed by atoms with Gasteiger partial charge in [-0.25, -0.2) is 14.4 Å². The minimum absolute atomic E-state index is 0.0156. The number of carbonyl (C=O) groups is 1. The summed E-state index contributed by atoms with van der Waals surface area (Å²) < 4.78 is 19.7. The summed E-state index contributed by atoms with van der Waals surface area (Å²) in [4.78, 5) is 26.6. The molecule has 1 aliphatic carbocycles. The number of nitrogens with zero attached hydrogens (tertiary/aromatic N) is 4. The molecule has 2 aliphatic rings. The summed E-state index contributed by atoms with van der Waals surface area (Å²) in [5.74, 6) is 1.09. The van der Waals surface area contributed by atoms with Crippen LogP contribution in [0.2, 0.25) is 0 Å². The van der Waals surface area contributed by atoms with Crippen molar-refractivity contribution in [3.63, 3.8) is 0 Å². The first-order valence-electron chi connectivity index (χ1n) is 10.5. The minimum atomic E-state index is -0.797. The van der Waals surface area contributed by atoms with E-state index in [4.69, 9.17) is 10.5 Å². The largest absolute Gasteiger partial charge is 0.474 e. The van der Waals surface area contributed by atoms with Crippen LogP contribution in [-0.2, 0) is 0 Å². The average molecular weight is 414 g/mol. The molecule has 3 N–H and O–H groups in total. The van der Waals surface area contributed by atoms with Gasteiger partial charge in [-0.15, -0.1) is 0 Å². The van der Waals surface area contributed by atoms with Gasteiger partial charge in [-0.05, 0) is 56.7 Å². The van der Waals surface area contributed by atoms with Crippen molar-refractivity contribution in [2.45, 2.75) is 56.8 Å². The molecule has 0 radical (unpaired) electrons. The number of hydrogen-bond donors (Lipinski definition) is 2. The molecule has 1 saturated carbocycles. The Morgan fingerprint density at radius 2 is 2.00 bits per heavy atom. The van der Waals surface area contributed by atoms with Gasteiger partial charge in [0.25, 0.3) is 5.91 Å². The average Bonchev–Trinajstić information content (AvgIpc) is 2.76. The van der Waals surface area contributed by atoms with E-state index in [1.807, 2.05) is 11.0 Å². The van der Waals surface area contributed by atoms with E-state index in [2.05, 4.69) is 20.3 Å². The van der Waals surface area contributed by atoms with Crippen LogP contribution in [0.4, 0.5) is 16.2 Å². The van der Waals surface area contributed by atoms with E-state index in [-0.39, 0.29) is 12.1 Å². The van der Waals surface area contributed by atoms with Gasteiger partial charge in [0.05, 0.1) is 6.54 Å². The van der Waals surface area contributed by atoms with E-state index in [0.717, 1.165) is 44.5 Å². The number of piperidine rings is 1. The molecule has 4 rings (SSSR count). The predicted molar refractivity (Wildman–Crippen MR) is 111 cm³/mol. The van der Waals surface area contributed by atoms with Crippen LogP contribution >= 0.6 is 0 Å². The number of anilines is 2. The third-order valence-electron chi connectivity index (χ3n) is 5.65. The third kappa shape index (κ3) is 4.95. The Hall–Kier alpha value is -2.97. The predicted octanol–water partition coefficient (Wildman–Crippen LogP) is 2.71. The Labute approximate surface area is 175 Å². The Kier molecular flexibility index (Phi) is 6.25. The molecule has 1 atom stereocenters. The number of ether oxygens (including phenoxy) is 1. The lowest BCUT2D eigenvalue weighted by atomic mass is 9.93. The second-order valence-corrected chi connectivity index (χ2v) is 7.88. The van der Waals surface area contributed by atoms with Crippen molar-refractivity contribution in [2.24, 2.45) is 5.73 Å². The van der Waals surface area contributed by atoms with E-state index >= 15 is 0 Å². The molecule has 1 saturated heterocycles. The van der Waals surface area contributed by atoms with Crippen molar-refractivity contribution in [3.8, 4) is 5.88 Å². The quantitative estimate of drug-likeness (QED) is 0.748. The summed E-state index contributed by atoms with van der Waals surface area (Å²) in [6, 6.07) is 5.35. The molecular weight excluding hydrogens is 387 g/mol. The highest BCUT2D eigenvalue weighted by Crippen LogP contribution is 2.27. The fraction of sp³-hybridized carbons (Fsp3) is 0.524. The van der Waals surface area contributed by atoms with Crippen LogP contribution in [0.15, 0.2) is 30.6 Å². The van der Waals surface area contributed by atoms with Gasteiger partial charge in [-0.3, -0.25) is 4.79 Å². The molecule has 0 spiro atoms. The summed E-state index contributed by atoms with van der Waals surface area (Å²) in [6.45, 7) is 1.21. The van der Waals surface area contributed by atoms with Gasteiger partial charge in [-0.2, -0.15) is 4.98 Å². The van der Waals surface area contributed by atoms with Crippen LogP contribution in [0.3, 0.4) is 0 Å². The second kappa shape index (κ2) is 9.23. The monoisotopic (exact) mass is 414 g/mol. The molecule has 1 unspecified atom stereocenters. The first-order valence-corrected chi connectivity index (χ1v) is 10.5. The number of alkyl halides is 1. The highest BCUT2D eigenvalue weighted by atomic mass is 19.1. The number of rotatable bonds is 6. The number of primary amides is 1. The molecule has 1 aliphatic heterocycles. The first-order chi connectivity index (χ1) is 14.6. The number of nitrogens with two attached hydrogens (primary N) is 1. The van der Waals surface area contributed by atoms with Crippen LogP contribution in [-0.4, -0.2) is 52.3 Å². The Bertz CT molecular complexity index is 874. The molecule has 3 heterocycles. The highest BCUT2D eigenvalue weighted by Gasteiger charge is 2.25. The molecule has 8 nitrogen and oxygen atoms in total. The first kappa shape index (κ1) is 20.3. The molecular formula is C21H27FN6O2. The van der Waals surface area contributed by atoms with Gasteiger partial charge in [-0.1, -0.05) is 0 Å². The van der Waals surface area contributed by atoms with Crippen molar-refractivity contribution in [2.75, 3.05) is 23.3 Å². The maximum Gasteiger partial charge on any atom is 0.254 e. The molecule has 0 aromatic carbocycles. The number of amides is 1. The number of carbonyl (C=O) groups excluding carboxylic acids is 1. The maximum absolute atomic E-state index is 13.7. The number of halogens is 1. The molecule has 2 fully saturated rings. The van der Waals surface area contributed by atoms with Crippen LogP contribution < -0.4 is 20.7 Å². The Morgan fingerprint density at radius 1 is 1.17 bits per heavy atom. The summed E-state index contributed by atoms with van der Waals surface area (Å²) in [6.07, 6.45) is 7.36. The van der Waals surface area contributed by atoms with Gasteiger partial charge in [0.15, 0.2) is 0 Å². The zero-order valence-corrected chi connectivity index (χ0v) is 16.8. The molecule has 1 amide bonds. The van der Waals surface area contributed by atoms with Crippen LogP contribution in [0.25, 0.3) is 0 Å². The molecule has 2 aromatic heterocycles. The molecule has 0 bridgehead atoms. The van der Waals surface area contributed by atoms with E-state index in [1.54, 1.807) is 24.5 Å². The maximum atomic E-state index is 13.7. The zero-order valence-electron chi connectivity index (χ0n) is 16.8. The normalized spacial score (nSPS) is 24.3. The fourth-order valence-electron chi connectivity index (χ4n) is 4.07. The Morgan fingerprint density at radius 3 is 2.77 bits per heavy atom. The number of pyridine rings is 1. The van der Waals surface area contributed by atoms with Crippen LogP contribution in [0.1, 0.15) is 48.9 Å². The van der Waals surface area contributed by atoms with Gasteiger partial charge in [0, 0.05) is 25.0 Å². The summed E-state index contributed by atoms with van der Waals surface area (Å²) in [5, 5.41) is 3.40. The zero-order chi connectivity index (χ0) is 20.9. The van der Waals surface area contributed by atoms with E-state index in [1.165, 1.54) is 0 Å². The van der Waals surface area contributed by atoms with Crippen LogP contribution in [0.5, 0.6) is 5.88 Å². The van der Waals surface area contributed by atoms with E-state index < -0.39 is 12.1 Å². The summed E-state index contributed by atoms with van der Waals surface area (Å²) >= 11 is 0. The van der Waals surface area contributed by atoms with E-state index in [9.17, 15) is 9.18 Å². The highest BCUT2D eigenvalue weighted by molar-refractivity contribution is 5.94. The minimum Gasteiger partial charge on any atom is -0.474 e. The number of nitrogens with one attached hydrogen (secondary N) is 1. The lowest BCUT2D eigenvalue weighted by molar-refractivity contribution is 0.0983. The van der Waals surface area contributed by atoms with Gasteiger partial charge < -0.3 is 20.7 Å². The van der Waals surface area contributed by atoms with Gasteiger partial charge in [0.2, 0.25) is 11.8 Å². The van der Waals surface area contributed by atoms with Crippen molar-refractivity contribution in [1.82, 2.24) is 15.0 Å². The topological polar surface area (TPSA) is 106 Å². The van der Waals surface area contributed by atoms with Crippen molar-refractivity contribution < 1.29 is 13.9 Å². The lowest BCUT2D eigenvalue weighted by Crippen LogP contribution is -2.37. The lowest BCUT2D eigenvalue weighted by Gasteiger charge is -2.31. The van der Waals surface area contributed by atoms with Crippen molar-refractivity contribution in [1.29, 1.82) is 0 Å². The van der Waals surface area contributed by atoms with Gasteiger partial charge in [0.1, 0.15) is 23.7 Å². The van der Waals surface area contributed by atoms with Crippen molar-refractivity contribution >= 4 is 17.7 Å². The van der Waals surface area contributed by atoms with Crippen molar-refractivity contribution in [3.05, 3.63) is 36.2 Å². The molecule has 9 heteroatoms. The Balaban J connectivity index is 1.31. The summed E-state index contributed by atoms with van der Waals surface area (Å²) in [5.41, 5.74) is 5.70. The van der Waals surface area contributed by atoms with Crippen LogP contribution in [0, 0.1) is 0 Å². The number of aromatic nitrogens is 3. The second-order valence-electron chi connectivity index (χ2n) is 7.88. The number of hydrogen-bond acceptors (Lipinski definition) is 7. The SMILES string of the molecule is NC(=O)c1cccnc1O[C@H]1CC[C@H](Nc2nccc(N3CCCC(F)C3)n2)CC1. The summed E-state index contributed by atoms with van der Waals surface area (Å²) in [7, 11) is 0. The third-order valence-corrected chi connectivity index (χ3v) is 5.65. The van der Waals surface area contributed by atoms with E-state index in [0.29, 0.717) is 30.4 Å². The van der Waals surface area contributed by atoms with Gasteiger partial charge >= 0.3 is 0 Å². The fourth-order valence-corrected chi connectivity index (χ4v) is 4.07. The molecule has 2 aromatic rings. The molecule has 30 heavy (non-hydrogen) atoms.